The summed E-state index contributed by atoms with van der Waals surface area (Å²) in [7, 11) is 0. The molecule has 7 heteroatoms. The number of nitrogens with zero attached hydrogens (tertiary/aromatic N) is 4. The molecule has 2 saturated heterocycles. The van der Waals surface area contributed by atoms with E-state index in [-0.39, 0.29) is 24.1 Å². The average molecular weight is 370 g/mol. The number of aliphatic hydroxyl groups excluding tert-OH is 1. The number of aromatic nitrogens is 2. The van der Waals surface area contributed by atoms with E-state index >= 15 is 0 Å². The van der Waals surface area contributed by atoms with Crippen molar-refractivity contribution in [1.82, 2.24) is 20.4 Å². The number of nitrogen functional groups attached to an aromatic ring is 1. The Balaban J connectivity index is 1.57. The molecule has 2 fully saturated rings. The van der Waals surface area contributed by atoms with Crippen molar-refractivity contribution in [3.05, 3.63) is 41.3 Å². The zero-order chi connectivity index (χ0) is 18.8. The summed E-state index contributed by atoms with van der Waals surface area (Å²) in [4.78, 5) is 6.65. The Morgan fingerprint density at radius 1 is 1.19 bits per heavy atom. The molecule has 1 radical (unpaired) electrons. The van der Waals surface area contributed by atoms with E-state index < -0.39 is 0 Å². The van der Waals surface area contributed by atoms with Crippen LogP contribution in [0.2, 0.25) is 0 Å². The Morgan fingerprint density at radius 2 is 1.96 bits per heavy atom. The van der Waals surface area contributed by atoms with Crippen LogP contribution in [0.25, 0.3) is 0 Å². The van der Waals surface area contributed by atoms with Crippen LogP contribution >= 0.6 is 0 Å². The second kappa shape index (κ2) is 7.96. The highest BCUT2D eigenvalue weighted by molar-refractivity contribution is 5.27. The van der Waals surface area contributed by atoms with Gasteiger partial charge in [0.1, 0.15) is 0 Å². The predicted molar refractivity (Wildman–Crippen MR) is 102 cm³/mol. The Labute approximate surface area is 159 Å². The maximum absolute atomic E-state index is 10.1. The van der Waals surface area contributed by atoms with Crippen LogP contribution in [0, 0.1) is 0 Å². The number of nitrogens with two attached hydrogens (primary N) is 1. The fourth-order valence-electron chi connectivity index (χ4n) is 4.31. The van der Waals surface area contributed by atoms with E-state index in [0.29, 0.717) is 18.2 Å². The number of aryl methyl sites for hydroxylation is 1. The Bertz CT molecular complexity index is 747. The zero-order valence-corrected chi connectivity index (χ0v) is 15.8. The molecule has 0 saturated carbocycles. The van der Waals surface area contributed by atoms with E-state index in [0.717, 1.165) is 38.9 Å². The van der Waals surface area contributed by atoms with Crippen molar-refractivity contribution in [3.63, 3.8) is 0 Å². The van der Waals surface area contributed by atoms with E-state index in [2.05, 4.69) is 46.2 Å². The van der Waals surface area contributed by atoms with E-state index in [1.54, 1.807) is 0 Å². The van der Waals surface area contributed by atoms with Gasteiger partial charge >= 0.3 is 0 Å². The first kappa shape index (κ1) is 18.4. The molecule has 3 heterocycles. The molecule has 0 aliphatic carbocycles. The molecule has 2 aliphatic rings. The van der Waals surface area contributed by atoms with Crippen LogP contribution in [0.1, 0.15) is 55.0 Å². The lowest BCUT2D eigenvalue weighted by Gasteiger charge is -2.42. The second-order valence-corrected chi connectivity index (χ2v) is 7.73. The molecule has 0 amide bonds. The van der Waals surface area contributed by atoms with E-state index in [9.17, 15) is 5.11 Å². The first-order chi connectivity index (χ1) is 13.1. The minimum absolute atomic E-state index is 0.0502. The van der Waals surface area contributed by atoms with Crippen LogP contribution in [0.4, 0.5) is 5.95 Å². The molecule has 7 nitrogen and oxygen atoms in total. The van der Waals surface area contributed by atoms with Gasteiger partial charge in [-0.25, -0.2) is 5.32 Å². The molecule has 0 spiro atoms. The number of piperidine rings is 2. The number of likely N-dealkylation sites (tertiary alicyclic amines) is 1. The molecule has 4 rings (SSSR count). The summed E-state index contributed by atoms with van der Waals surface area (Å²) in [6, 6.07) is 8.89. The van der Waals surface area contributed by atoms with Crippen molar-refractivity contribution in [3.8, 4) is 0 Å². The van der Waals surface area contributed by atoms with Crippen LogP contribution in [0.3, 0.4) is 0 Å². The first-order valence-electron chi connectivity index (χ1n) is 9.89. The van der Waals surface area contributed by atoms with Crippen molar-refractivity contribution < 1.29 is 9.63 Å². The molecule has 2 aromatic rings. The van der Waals surface area contributed by atoms with Crippen LogP contribution in [0.5, 0.6) is 0 Å². The predicted octanol–water partition coefficient (Wildman–Crippen LogP) is 1.87. The lowest BCUT2D eigenvalue weighted by molar-refractivity contribution is 0.0283. The van der Waals surface area contributed by atoms with E-state index in [4.69, 9.17) is 15.6 Å². The van der Waals surface area contributed by atoms with E-state index in [1.165, 1.54) is 11.1 Å². The molecule has 0 bridgehead atoms. The largest absolute Gasteiger partial charge is 0.393 e. The van der Waals surface area contributed by atoms with Gasteiger partial charge in [-0.3, -0.25) is 4.90 Å². The summed E-state index contributed by atoms with van der Waals surface area (Å²) in [5.41, 5.74) is 8.35. The lowest BCUT2D eigenvalue weighted by atomic mass is 9.83. The van der Waals surface area contributed by atoms with Crippen LogP contribution < -0.4 is 11.1 Å². The van der Waals surface area contributed by atoms with Crippen LogP contribution in [-0.2, 0) is 6.42 Å². The van der Waals surface area contributed by atoms with Crippen molar-refractivity contribution in [2.75, 3.05) is 25.4 Å². The topological polar surface area (TPSA) is 103 Å². The first-order valence-corrected chi connectivity index (χ1v) is 9.89. The summed E-state index contributed by atoms with van der Waals surface area (Å²) in [6.45, 7) is 4.61. The standard InChI is InChI=1S/C20H28N5O2/c1-2-13-3-5-14(6-4-13)15-9-16(19-23-20(21)24-27-19)12-25(11-15)18-10-17(26)7-8-22-18/h3-6,15-18,26H,2,7-12H2,1H3,(H2,21,24). The van der Waals surface area contributed by atoms with E-state index in [1.807, 2.05) is 0 Å². The number of anilines is 1. The quantitative estimate of drug-likeness (QED) is 0.852. The van der Waals surface area contributed by atoms with Gasteiger partial charge < -0.3 is 15.4 Å². The smallest absolute Gasteiger partial charge is 0.260 e. The summed E-state index contributed by atoms with van der Waals surface area (Å²) >= 11 is 0. The van der Waals surface area contributed by atoms with Gasteiger partial charge in [-0.2, -0.15) is 4.98 Å². The molecule has 145 valence electrons. The molecule has 2 aliphatic heterocycles. The minimum Gasteiger partial charge on any atom is -0.393 e. The highest BCUT2D eigenvalue weighted by Crippen LogP contribution is 2.37. The summed E-state index contributed by atoms with van der Waals surface area (Å²) in [5.74, 6) is 1.26. The number of hydrogen-bond acceptors (Lipinski definition) is 6. The van der Waals surface area contributed by atoms with Gasteiger partial charge in [0.25, 0.3) is 5.95 Å². The monoisotopic (exact) mass is 370 g/mol. The van der Waals surface area contributed by atoms with Gasteiger partial charge in [0.2, 0.25) is 5.89 Å². The van der Waals surface area contributed by atoms with Gasteiger partial charge in [0, 0.05) is 26.1 Å². The number of rotatable bonds is 4. The molecule has 3 N–H and O–H groups in total. The summed E-state index contributed by atoms with van der Waals surface area (Å²) < 4.78 is 5.39. The van der Waals surface area contributed by atoms with Crippen LogP contribution in [-0.4, -0.2) is 52.1 Å². The molecule has 1 aromatic carbocycles. The van der Waals surface area contributed by atoms with Gasteiger partial charge in [-0.05, 0) is 41.5 Å². The molecule has 4 unspecified atom stereocenters. The highest BCUT2D eigenvalue weighted by atomic mass is 16.5. The fourth-order valence-corrected chi connectivity index (χ4v) is 4.31. The maximum atomic E-state index is 10.1. The number of hydrogen-bond donors (Lipinski definition) is 2. The molecular formula is C20H28N5O2. The highest BCUT2D eigenvalue weighted by Gasteiger charge is 2.37. The van der Waals surface area contributed by atoms with Crippen molar-refractivity contribution in [2.24, 2.45) is 0 Å². The van der Waals surface area contributed by atoms with Gasteiger partial charge in [-0.1, -0.05) is 31.2 Å². The van der Waals surface area contributed by atoms with Gasteiger partial charge in [-0.15, -0.1) is 0 Å². The summed E-state index contributed by atoms with van der Waals surface area (Å²) in [5, 5.41) is 18.6. The average Bonchev–Trinajstić information content (AvgIpc) is 3.14. The lowest BCUT2D eigenvalue weighted by Crippen LogP contribution is -2.52. The summed E-state index contributed by atoms with van der Waals surface area (Å²) in [6.07, 6.45) is 3.22. The third-order valence-corrected chi connectivity index (χ3v) is 5.85. The third-order valence-electron chi connectivity index (χ3n) is 5.85. The van der Waals surface area contributed by atoms with Crippen molar-refractivity contribution in [2.45, 2.75) is 56.7 Å². The number of benzene rings is 1. The van der Waals surface area contributed by atoms with Crippen molar-refractivity contribution in [1.29, 1.82) is 0 Å². The maximum Gasteiger partial charge on any atom is 0.260 e. The van der Waals surface area contributed by atoms with Crippen molar-refractivity contribution >= 4 is 5.95 Å². The Morgan fingerprint density at radius 3 is 2.63 bits per heavy atom. The molecule has 1 aromatic heterocycles. The normalized spacial score (nSPS) is 29.7. The second-order valence-electron chi connectivity index (χ2n) is 7.73. The number of aliphatic hydroxyl groups is 1. The van der Waals surface area contributed by atoms with Crippen LogP contribution in [0.15, 0.2) is 28.8 Å². The molecular weight excluding hydrogens is 342 g/mol. The Hall–Kier alpha value is -1.96. The van der Waals surface area contributed by atoms with Gasteiger partial charge in [0.05, 0.1) is 18.2 Å². The zero-order valence-electron chi connectivity index (χ0n) is 15.8. The molecule has 4 atom stereocenters. The van der Waals surface area contributed by atoms with Gasteiger partial charge in [0.15, 0.2) is 0 Å². The minimum atomic E-state index is -0.269. The fraction of sp³-hybridized carbons (Fsp3) is 0.600. The Kier molecular flexibility index (Phi) is 5.43. The SMILES string of the molecule is CCc1ccc(C2CC(c3nc(N)no3)CN(C3CC(O)CC[N]3)C2)cc1. The third kappa shape index (κ3) is 4.15. The molecule has 27 heavy (non-hydrogen) atoms.